The molecule has 0 unspecified atom stereocenters. The van der Waals surface area contributed by atoms with Crippen molar-refractivity contribution in [2.75, 3.05) is 19.7 Å². The molecule has 156 valence electrons. The van der Waals surface area contributed by atoms with Crippen molar-refractivity contribution < 1.29 is 19.1 Å². The number of amides is 1. The summed E-state index contributed by atoms with van der Waals surface area (Å²) in [7, 11) is 0. The highest BCUT2D eigenvalue weighted by Gasteiger charge is 2.43. The van der Waals surface area contributed by atoms with E-state index in [4.69, 9.17) is 9.15 Å². The molecule has 4 rings (SSSR count). The van der Waals surface area contributed by atoms with Crippen LogP contribution in [0.5, 0.6) is 5.75 Å². The predicted molar refractivity (Wildman–Crippen MR) is 110 cm³/mol. The van der Waals surface area contributed by atoms with E-state index in [0.717, 1.165) is 42.2 Å². The van der Waals surface area contributed by atoms with E-state index >= 15 is 0 Å². The number of carbonyl (C=O) groups is 1. The van der Waals surface area contributed by atoms with Crippen LogP contribution in [0.2, 0.25) is 0 Å². The van der Waals surface area contributed by atoms with Crippen molar-refractivity contribution in [3.05, 3.63) is 39.7 Å². The Morgan fingerprint density at radius 1 is 1.31 bits per heavy atom. The molecule has 0 spiro atoms. The van der Waals surface area contributed by atoms with E-state index in [1.165, 1.54) is 6.07 Å². The Morgan fingerprint density at radius 2 is 2.14 bits per heavy atom. The number of ether oxygens (including phenoxy) is 1. The molecule has 29 heavy (non-hydrogen) atoms. The summed E-state index contributed by atoms with van der Waals surface area (Å²) in [4.78, 5) is 26.5. The maximum Gasteiger partial charge on any atom is 0.336 e. The van der Waals surface area contributed by atoms with Gasteiger partial charge in [-0.1, -0.05) is 19.8 Å². The van der Waals surface area contributed by atoms with Crippen LogP contribution in [0.1, 0.15) is 50.2 Å². The van der Waals surface area contributed by atoms with E-state index in [1.807, 2.05) is 30.9 Å². The number of hydrogen-bond acceptors (Lipinski definition) is 5. The van der Waals surface area contributed by atoms with Gasteiger partial charge < -0.3 is 19.2 Å². The van der Waals surface area contributed by atoms with Gasteiger partial charge in [0.15, 0.2) is 6.61 Å². The van der Waals surface area contributed by atoms with Crippen LogP contribution in [-0.2, 0) is 11.2 Å². The molecule has 1 amide bonds. The summed E-state index contributed by atoms with van der Waals surface area (Å²) >= 11 is 0. The quantitative estimate of drug-likeness (QED) is 0.799. The monoisotopic (exact) mass is 399 g/mol. The minimum absolute atomic E-state index is 0.0635. The summed E-state index contributed by atoms with van der Waals surface area (Å²) in [6.45, 7) is 4.98. The van der Waals surface area contributed by atoms with Gasteiger partial charge in [-0.3, -0.25) is 4.79 Å². The van der Waals surface area contributed by atoms with Crippen LogP contribution in [0.4, 0.5) is 0 Å². The minimum Gasteiger partial charge on any atom is -0.483 e. The second-order valence-electron chi connectivity index (χ2n) is 8.51. The summed E-state index contributed by atoms with van der Waals surface area (Å²) in [6.07, 6.45) is 5.31. The van der Waals surface area contributed by atoms with Crippen LogP contribution in [0.15, 0.2) is 27.4 Å². The topological polar surface area (TPSA) is 80.0 Å². The number of nitrogens with zero attached hydrogens (tertiary/aromatic N) is 1. The lowest BCUT2D eigenvalue weighted by Gasteiger charge is -2.47. The normalized spacial score (nSPS) is 24.4. The molecule has 1 aromatic carbocycles. The number of piperidine rings is 1. The molecule has 1 aliphatic heterocycles. The van der Waals surface area contributed by atoms with Gasteiger partial charge >= 0.3 is 5.63 Å². The van der Waals surface area contributed by atoms with Gasteiger partial charge in [0.2, 0.25) is 0 Å². The summed E-state index contributed by atoms with van der Waals surface area (Å²) in [5.74, 6) is 0.664. The number of aliphatic hydroxyl groups is 1. The van der Waals surface area contributed by atoms with E-state index < -0.39 is 5.60 Å². The second kappa shape index (κ2) is 7.82. The summed E-state index contributed by atoms with van der Waals surface area (Å²) in [5.41, 5.74) is 1.26. The molecule has 1 aliphatic carbocycles. The first-order chi connectivity index (χ1) is 13.9. The largest absolute Gasteiger partial charge is 0.483 e. The van der Waals surface area contributed by atoms with Gasteiger partial charge in [0.25, 0.3) is 5.91 Å². The second-order valence-corrected chi connectivity index (χ2v) is 8.51. The van der Waals surface area contributed by atoms with Crippen molar-refractivity contribution in [3.63, 3.8) is 0 Å². The third-order valence-electron chi connectivity index (χ3n) is 6.55. The smallest absolute Gasteiger partial charge is 0.336 e. The number of hydrogen-bond donors (Lipinski definition) is 1. The molecule has 1 N–H and O–H groups in total. The van der Waals surface area contributed by atoms with Gasteiger partial charge in [-0.25, -0.2) is 4.79 Å². The molecular formula is C23H29NO5. The van der Waals surface area contributed by atoms with Crippen LogP contribution in [0.3, 0.4) is 0 Å². The van der Waals surface area contributed by atoms with Gasteiger partial charge in [-0.15, -0.1) is 0 Å². The lowest BCUT2D eigenvalue weighted by Crippen LogP contribution is -2.55. The number of benzene rings is 1. The lowest BCUT2D eigenvalue weighted by atomic mass is 9.71. The fourth-order valence-electron chi connectivity index (χ4n) is 4.89. The maximum atomic E-state index is 12.8. The highest BCUT2D eigenvalue weighted by molar-refractivity contribution is 5.88. The summed E-state index contributed by atoms with van der Waals surface area (Å²) < 4.78 is 11.3. The molecule has 1 saturated heterocycles. The Bertz CT molecular complexity index is 981. The number of aryl methyl sites for hydroxylation is 2. The fourth-order valence-corrected chi connectivity index (χ4v) is 4.89. The van der Waals surface area contributed by atoms with Gasteiger partial charge in [0.1, 0.15) is 11.3 Å². The Morgan fingerprint density at radius 3 is 2.93 bits per heavy atom. The molecule has 0 bridgehead atoms. The van der Waals surface area contributed by atoms with Crippen molar-refractivity contribution in [1.29, 1.82) is 0 Å². The van der Waals surface area contributed by atoms with Gasteiger partial charge in [-0.2, -0.15) is 0 Å². The minimum atomic E-state index is -0.601. The molecule has 2 fully saturated rings. The fraction of sp³-hybridized carbons (Fsp3) is 0.565. The van der Waals surface area contributed by atoms with Crippen LogP contribution < -0.4 is 10.4 Å². The number of fused-ring (bicyclic) bond motifs is 2. The van der Waals surface area contributed by atoms with E-state index in [1.54, 1.807) is 0 Å². The Hall–Kier alpha value is -2.34. The average Bonchev–Trinajstić information content (AvgIpc) is 2.69. The standard InChI is InChI=1S/C23H29NO5/c1-3-16-12-21(26)29-19-11-15(2)10-18(22(16)19)28-14-20(25)24-9-8-23(27)7-5-4-6-17(23)13-24/h10-12,17,27H,3-9,13-14H2,1-2H3/t17-,23+/m0/s1. The molecule has 1 aromatic heterocycles. The number of rotatable bonds is 4. The first-order valence-electron chi connectivity index (χ1n) is 10.6. The average molecular weight is 399 g/mol. The predicted octanol–water partition coefficient (Wildman–Crippen LogP) is 3.20. The maximum absolute atomic E-state index is 12.8. The molecule has 2 aliphatic rings. The zero-order valence-corrected chi connectivity index (χ0v) is 17.2. The molecule has 0 radical (unpaired) electrons. The van der Waals surface area contributed by atoms with Gasteiger partial charge in [0.05, 0.1) is 11.0 Å². The lowest BCUT2D eigenvalue weighted by molar-refractivity contribution is -0.145. The molecule has 2 atom stereocenters. The van der Waals surface area contributed by atoms with Crippen molar-refractivity contribution >= 4 is 16.9 Å². The molecule has 6 heteroatoms. The Balaban J connectivity index is 1.51. The molecule has 2 heterocycles. The van der Waals surface area contributed by atoms with Crippen LogP contribution in [-0.4, -0.2) is 41.2 Å². The van der Waals surface area contributed by atoms with Crippen molar-refractivity contribution in [2.45, 2.75) is 58.0 Å². The zero-order valence-electron chi connectivity index (χ0n) is 17.2. The molecule has 1 saturated carbocycles. The summed E-state index contributed by atoms with van der Waals surface area (Å²) in [5, 5.41) is 11.6. The third kappa shape index (κ3) is 3.90. The van der Waals surface area contributed by atoms with Crippen LogP contribution in [0, 0.1) is 12.8 Å². The first kappa shape index (κ1) is 20.0. The highest BCUT2D eigenvalue weighted by Crippen LogP contribution is 2.39. The van der Waals surface area contributed by atoms with E-state index in [2.05, 4.69) is 0 Å². The van der Waals surface area contributed by atoms with Crippen molar-refractivity contribution in [1.82, 2.24) is 4.90 Å². The highest BCUT2D eigenvalue weighted by atomic mass is 16.5. The molecule has 6 nitrogen and oxygen atoms in total. The van der Waals surface area contributed by atoms with E-state index in [-0.39, 0.29) is 24.1 Å². The number of carbonyl (C=O) groups excluding carboxylic acids is 1. The third-order valence-corrected chi connectivity index (χ3v) is 6.55. The molecular weight excluding hydrogens is 370 g/mol. The van der Waals surface area contributed by atoms with Crippen LogP contribution in [0.25, 0.3) is 11.0 Å². The van der Waals surface area contributed by atoms with Crippen molar-refractivity contribution in [2.24, 2.45) is 5.92 Å². The summed E-state index contributed by atoms with van der Waals surface area (Å²) in [6, 6.07) is 5.19. The Labute approximate surface area is 170 Å². The van der Waals surface area contributed by atoms with Crippen LogP contribution >= 0.6 is 0 Å². The SMILES string of the molecule is CCc1cc(=O)oc2cc(C)cc(OCC(=O)N3CC[C@]4(O)CCCC[C@H]4C3)c12. The van der Waals surface area contributed by atoms with E-state index in [9.17, 15) is 14.7 Å². The van der Waals surface area contributed by atoms with Gasteiger partial charge in [0, 0.05) is 25.1 Å². The molecule has 2 aromatic rings. The van der Waals surface area contributed by atoms with Gasteiger partial charge in [-0.05, 0) is 55.9 Å². The zero-order chi connectivity index (χ0) is 20.6. The Kier molecular flexibility index (Phi) is 5.38. The number of likely N-dealkylation sites (tertiary alicyclic amines) is 1. The first-order valence-corrected chi connectivity index (χ1v) is 10.6. The van der Waals surface area contributed by atoms with E-state index in [0.29, 0.717) is 37.3 Å². The van der Waals surface area contributed by atoms with Crippen molar-refractivity contribution in [3.8, 4) is 5.75 Å².